The molecule has 0 saturated carbocycles. The molecule has 0 spiro atoms. The molecule has 0 saturated heterocycles. The van der Waals surface area contributed by atoms with Gasteiger partial charge in [0.2, 0.25) is 0 Å². The van der Waals surface area contributed by atoms with Crippen LogP contribution in [0.3, 0.4) is 0 Å². The van der Waals surface area contributed by atoms with E-state index in [1.54, 1.807) is 31.3 Å². The van der Waals surface area contributed by atoms with Crippen LogP contribution < -0.4 is 5.32 Å². The summed E-state index contributed by atoms with van der Waals surface area (Å²) in [5.41, 5.74) is -5.86. The van der Waals surface area contributed by atoms with E-state index in [2.05, 4.69) is 5.32 Å². The van der Waals surface area contributed by atoms with E-state index in [0.717, 1.165) is 17.7 Å². The fraction of sp³-hybridized carbons (Fsp3) is 0.269. The summed E-state index contributed by atoms with van der Waals surface area (Å²) in [7, 11) is 1.55. The third-order valence-electron chi connectivity index (χ3n) is 5.96. The highest BCUT2D eigenvalue weighted by atomic mass is 35.5. The van der Waals surface area contributed by atoms with E-state index >= 15 is 0 Å². The van der Waals surface area contributed by atoms with Gasteiger partial charge in [-0.2, -0.15) is 26.3 Å². The number of benzene rings is 3. The van der Waals surface area contributed by atoms with Crippen molar-refractivity contribution in [2.24, 2.45) is 0 Å². The van der Waals surface area contributed by atoms with Gasteiger partial charge in [-0.25, -0.2) is 4.39 Å². The number of carbonyl (C=O) groups excluding carboxylic acids is 1. The Hall–Kier alpha value is -2.69. The van der Waals surface area contributed by atoms with Crippen LogP contribution in [0.1, 0.15) is 27.0 Å². The molecule has 3 rings (SSSR count). The third-order valence-corrected chi connectivity index (χ3v) is 7.01. The minimum Gasteiger partial charge on any atom is -0.387 e. The molecule has 3 aromatic rings. The van der Waals surface area contributed by atoms with Crippen LogP contribution in [-0.4, -0.2) is 36.8 Å². The molecule has 0 radical (unpaired) electrons. The van der Waals surface area contributed by atoms with Crippen molar-refractivity contribution >= 4 is 46.4 Å². The van der Waals surface area contributed by atoms with Crippen LogP contribution in [0.25, 0.3) is 0 Å². The molecule has 3 nitrogen and oxygen atoms in total. The van der Waals surface area contributed by atoms with E-state index in [4.69, 9.17) is 34.8 Å². The molecule has 210 valence electrons. The second-order valence-corrected chi connectivity index (χ2v) is 9.71. The Balaban J connectivity index is 1.98. The number of rotatable bonds is 8. The van der Waals surface area contributed by atoms with Crippen molar-refractivity contribution in [3.8, 4) is 0 Å². The molecule has 3 aromatic carbocycles. The standard InChI is InChI=1S/C26H20Cl3F7N2O/c1-37-20-11-10-19(28)22(29)21(20)23(39)38(13-12-15-4-8-18(27)9-5-15)14-16-2-6-17(7-3-16)24(30,25(31,32)33)26(34,35)36/h2-11,37H,12-14H2,1H3. The molecule has 1 N–H and O–H groups in total. The van der Waals surface area contributed by atoms with Crippen molar-refractivity contribution in [2.45, 2.75) is 31.0 Å². The predicted molar refractivity (Wildman–Crippen MR) is 137 cm³/mol. The zero-order chi connectivity index (χ0) is 29.2. The summed E-state index contributed by atoms with van der Waals surface area (Å²) >= 11 is 18.3. The number of hydrogen-bond acceptors (Lipinski definition) is 2. The monoisotopic (exact) mass is 614 g/mol. The minimum atomic E-state index is -6.24. The van der Waals surface area contributed by atoms with E-state index in [-0.39, 0.29) is 34.3 Å². The quantitative estimate of drug-likeness (QED) is 0.257. The summed E-state index contributed by atoms with van der Waals surface area (Å²) in [6.45, 7) is -0.164. The number of halogens is 10. The summed E-state index contributed by atoms with van der Waals surface area (Å²) in [5, 5.41) is 3.39. The lowest BCUT2D eigenvalue weighted by atomic mass is 9.93. The molecule has 0 atom stereocenters. The molecule has 0 aromatic heterocycles. The van der Waals surface area contributed by atoms with Crippen molar-refractivity contribution in [2.75, 3.05) is 18.9 Å². The third kappa shape index (κ3) is 6.56. The zero-order valence-corrected chi connectivity index (χ0v) is 22.3. The topological polar surface area (TPSA) is 32.3 Å². The normalized spacial score (nSPS) is 12.4. The van der Waals surface area contributed by atoms with Crippen LogP contribution in [0.2, 0.25) is 15.1 Å². The highest BCUT2D eigenvalue weighted by molar-refractivity contribution is 6.44. The Kier molecular flexibility index (Phi) is 9.35. The zero-order valence-electron chi connectivity index (χ0n) is 20.0. The van der Waals surface area contributed by atoms with Gasteiger partial charge >= 0.3 is 18.0 Å². The van der Waals surface area contributed by atoms with Gasteiger partial charge in [-0.3, -0.25) is 4.79 Å². The molecule has 13 heteroatoms. The van der Waals surface area contributed by atoms with Gasteiger partial charge in [0.15, 0.2) is 0 Å². The van der Waals surface area contributed by atoms with Crippen LogP contribution in [-0.2, 0) is 18.6 Å². The number of anilines is 1. The van der Waals surface area contributed by atoms with Gasteiger partial charge < -0.3 is 10.2 Å². The Bertz CT molecular complexity index is 1300. The highest BCUT2D eigenvalue weighted by Gasteiger charge is 2.73. The number of hydrogen-bond donors (Lipinski definition) is 1. The molecule has 1 amide bonds. The van der Waals surface area contributed by atoms with Crippen LogP contribution in [0.5, 0.6) is 0 Å². The molecular weight excluding hydrogens is 596 g/mol. The maximum Gasteiger partial charge on any atom is 0.435 e. The number of nitrogens with zero attached hydrogens (tertiary/aromatic N) is 1. The molecule has 0 fully saturated rings. The molecule has 0 unspecified atom stereocenters. The van der Waals surface area contributed by atoms with Crippen LogP contribution >= 0.6 is 34.8 Å². The van der Waals surface area contributed by atoms with Crippen molar-refractivity contribution in [1.82, 2.24) is 4.90 Å². The number of alkyl halides is 7. The second-order valence-electron chi connectivity index (χ2n) is 8.49. The van der Waals surface area contributed by atoms with Gasteiger partial charge in [0.25, 0.3) is 5.91 Å². The first-order valence-electron chi connectivity index (χ1n) is 11.2. The Morgan fingerprint density at radius 1 is 0.795 bits per heavy atom. The molecule has 39 heavy (non-hydrogen) atoms. The lowest BCUT2D eigenvalue weighted by Crippen LogP contribution is -2.50. The molecular formula is C26H20Cl3F7N2O. The summed E-state index contributed by atoms with van der Waals surface area (Å²) in [4.78, 5) is 14.9. The summed E-state index contributed by atoms with van der Waals surface area (Å²) in [6.07, 6.45) is -12.1. The second kappa shape index (κ2) is 11.8. The Morgan fingerprint density at radius 3 is 1.85 bits per heavy atom. The Labute approximate surface area is 234 Å². The molecule has 0 aliphatic rings. The van der Waals surface area contributed by atoms with E-state index in [9.17, 15) is 35.5 Å². The summed E-state index contributed by atoms with van der Waals surface area (Å²) in [5.74, 6) is -0.602. The van der Waals surface area contributed by atoms with E-state index in [0.29, 0.717) is 29.3 Å². The number of nitrogens with one attached hydrogen (secondary N) is 1. The lowest BCUT2D eigenvalue weighted by Gasteiger charge is -2.30. The molecule has 0 bridgehead atoms. The van der Waals surface area contributed by atoms with Crippen molar-refractivity contribution < 1.29 is 35.5 Å². The first kappa shape index (κ1) is 30.8. The van der Waals surface area contributed by atoms with Gasteiger partial charge in [-0.1, -0.05) is 71.2 Å². The van der Waals surface area contributed by atoms with Gasteiger partial charge in [0, 0.05) is 36.4 Å². The average Bonchev–Trinajstić information content (AvgIpc) is 2.87. The maximum atomic E-state index is 14.4. The van der Waals surface area contributed by atoms with Gasteiger partial charge in [0.1, 0.15) is 0 Å². The lowest BCUT2D eigenvalue weighted by molar-refractivity contribution is -0.348. The molecule has 0 aliphatic heterocycles. The van der Waals surface area contributed by atoms with Gasteiger partial charge in [-0.05, 0) is 41.8 Å². The van der Waals surface area contributed by atoms with Crippen LogP contribution in [0.15, 0.2) is 60.7 Å². The smallest absolute Gasteiger partial charge is 0.387 e. The SMILES string of the molecule is CNc1ccc(Cl)c(Cl)c1C(=O)N(CCc1ccc(Cl)cc1)Cc1ccc(C(F)(C(F)(F)F)C(F)(F)F)cc1. The highest BCUT2D eigenvalue weighted by Crippen LogP contribution is 2.53. The first-order valence-corrected chi connectivity index (χ1v) is 12.3. The van der Waals surface area contributed by atoms with Gasteiger partial charge in [-0.15, -0.1) is 0 Å². The maximum absolute atomic E-state index is 14.4. The first-order chi connectivity index (χ1) is 18.1. The average molecular weight is 616 g/mol. The summed E-state index contributed by atoms with van der Waals surface area (Å²) in [6, 6.07) is 12.4. The van der Waals surface area contributed by atoms with Crippen molar-refractivity contribution in [1.29, 1.82) is 0 Å². The summed E-state index contributed by atoms with van der Waals surface area (Å²) < 4.78 is 93.2. The minimum absolute atomic E-state index is 0.0244. The number of carbonyl (C=O) groups is 1. The predicted octanol–water partition coefficient (Wildman–Crippen LogP) is 8.86. The van der Waals surface area contributed by atoms with Gasteiger partial charge in [0.05, 0.1) is 15.6 Å². The number of amides is 1. The van der Waals surface area contributed by atoms with E-state index < -0.39 is 29.5 Å². The molecule has 0 heterocycles. The van der Waals surface area contributed by atoms with Crippen LogP contribution in [0, 0.1) is 0 Å². The fourth-order valence-electron chi connectivity index (χ4n) is 3.84. The fourth-order valence-corrected chi connectivity index (χ4v) is 4.37. The molecule has 0 aliphatic carbocycles. The van der Waals surface area contributed by atoms with Crippen molar-refractivity contribution in [3.05, 3.63) is 98.0 Å². The van der Waals surface area contributed by atoms with Crippen LogP contribution in [0.4, 0.5) is 36.4 Å². The largest absolute Gasteiger partial charge is 0.435 e. The van der Waals surface area contributed by atoms with E-state index in [1.807, 2.05) is 0 Å². The Morgan fingerprint density at radius 2 is 1.33 bits per heavy atom. The van der Waals surface area contributed by atoms with E-state index in [1.165, 1.54) is 17.0 Å². The van der Waals surface area contributed by atoms with Crippen molar-refractivity contribution in [3.63, 3.8) is 0 Å².